The SMILES string of the molecule is COc1ccc(-c2noc(CN3CCN(C(=O)CCCNC(=O)c4ccc(F)cc4F)CC3)n2)cc1. The Kier molecular flexibility index (Phi) is 8.21. The van der Waals surface area contributed by atoms with Crippen LogP contribution in [0, 0.1) is 11.6 Å². The van der Waals surface area contributed by atoms with Crippen LogP contribution in [0.15, 0.2) is 47.0 Å². The van der Waals surface area contributed by atoms with Gasteiger partial charge in [-0.3, -0.25) is 14.5 Å². The summed E-state index contributed by atoms with van der Waals surface area (Å²) in [6, 6.07) is 10.2. The molecular formula is C25H27F2N5O4. The number of methoxy groups -OCH3 is 1. The van der Waals surface area contributed by atoms with E-state index in [4.69, 9.17) is 9.26 Å². The van der Waals surface area contributed by atoms with Gasteiger partial charge in [0.15, 0.2) is 0 Å². The number of halogens is 2. The van der Waals surface area contributed by atoms with E-state index in [2.05, 4.69) is 20.4 Å². The number of ether oxygens (including phenoxy) is 1. The third kappa shape index (κ3) is 6.42. The normalized spacial score (nSPS) is 14.0. The van der Waals surface area contributed by atoms with E-state index in [-0.39, 0.29) is 24.4 Å². The maximum atomic E-state index is 13.7. The molecule has 0 atom stereocenters. The van der Waals surface area contributed by atoms with Crippen LogP contribution in [0.3, 0.4) is 0 Å². The Balaban J connectivity index is 1.16. The molecule has 0 bridgehead atoms. The summed E-state index contributed by atoms with van der Waals surface area (Å²) < 4.78 is 37.2. The van der Waals surface area contributed by atoms with Crippen molar-refractivity contribution in [3.05, 3.63) is 65.6 Å². The first-order valence-corrected chi connectivity index (χ1v) is 11.6. The van der Waals surface area contributed by atoms with Gasteiger partial charge in [0.25, 0.3) is 5.91 Å². The summed E-state index contributed by atoms with van der Waals surface area (Å²) in [5, 5.41) is 6.61. The Morgan fingerprint density at radius 3 is 2.53 bits per heavy atom. The summed E-state index contributed by atoms with van der Waals surface area (Å²) in [6.45, 7) is 3.21. The van der Waals surface area contributed by atoms with Crippen LogP contribution in [0.2, 0.25) is 0 Å². The highest BCUT2D eigenvalue weighted by Crippen LogP contribution is 2.20. The van der Waals surface area contributed by atoms with E-state index in [1.54, 1.807) is 12.0 Å². The first-order chi connectivity index (χ1) is 17.4. The molecular weight excluding hydrogens is 472 g/mol. The van der Waals surface area contributed by atoms with Crippen LogP contribution in [0.4, 0.5) is 8.78 Å². The second kappa shape index (κ2) is 11.7. The lowest BCUT2D eigenvalue weighted by atomic mass is 10.2. The van der Waals surface area contributed by atoms with E-state index in [0.717, 1.165) is 23.4 Å². The minimum atomic E-state index is -0.918. The van der Waals surface area contributed by atoms with Gasteiger partial charge in [0, 0.05) is 50.8 Å². The van der Waals surface area contributed by atoms with Crippen LogP contribution < -0.4 is 10.1 Å². The number of carbonyl (C=O) groups excluding carboxylic acids is 2. The molecule has 1 aliphatic rings. The lowest BCUT2D eigenvalue weighted by Crippen LogP contribution is -2.48. The Bertz CT molecular complexity index is 1190. The summed E-state index contributed by atoms with van der Waals surface area (Å²) in [5.41, 5.74) is 0.608. The van der Waals surface area contributed by atoms with Crippen molar-refractivity contribution >= 4 is 11.8 Å². The summed E-state index contributed by atoms with van der Waals surface area (Å²) in [5.74, 6) is -0.532. The Morgan fingerprint density at radius 1 is 1.08 bits per heavy atom. The molecule has 1 aliphatic heterocycles. The van der Waals surface area contributed by atoms with Gasteiger partial charge in [-0.15, -0.1) is 0 Å². The molecule has 1 N–H and O–H groups in total. The van der Waals surface area contributed by atoms with Crippen molar-refractivity contribution in [2.45, 2.75) is 19.4 Å². The molecule has 0 aliphatic carbocycles. The third-order valence-electron chi connectivity index (χ3n) is 5.93. The van der Waals surface area contributed by atoms with Crippen LogP contribution in [-0.2, 0) is 11.3 Å². The molecule has 4 rings (SSSR count). The summed E-state index contributed by atoms with van der Waals surface area (Å²) in [6.07, 6.45) is 0.685. The van der Waals surface area contributed by atoms with Crippen molar-refractivity contribution in [1.82, 2.24) is 25.3 Å². The van der Waals surface area contributed by atoms with Gasteiger partial charge in [0.1, 0.15) is 17.4 Å². The molecule has 2 aromatic carbocycles. The molecule has 0 radical (unpaired) electrons. The van der Waals surface area contributed by atoms with Crippen molar-refractivity contribution in [1.29, 1.82) is 0 Å². The van der Waals surface area contributed by atoms with Gasteiger partial charge in [0.05, 0.1) is 19.2 Å². The van der Waals surface area contributed by atoms with Gasteiger partial charge in [-0.2, -0.15) is 4.98 Å². The van der Waals surface area contributed by atoms with E-state index < -0.39 is 17.5 Å². The highest BCUT2D eigenvalue weighted by Gasteiger charge is 2.22. The summed E-state index contributed by atoms with van der Waals surface area (Å²) >= 11 is 0. The van der Waals surface area contributed by atoms with Gasteiger partial charge < -0.3 is 19.5 Å². The molecule has 9 nitrogen and oxygen atoms in total. The average molecular weight is 500 g/mol. The van der Waals surface area contributed by atoms with Gasteiger partial charge in [0.2, 0.25) is 17.6 Å². The Morgan fingerprint density at radius 2 is 1.83 bits per heavy atom. The maximum Gasteiger partial charge on any atom is 0.254 e. The second-order valence-corrected chi connectivity index (χ2v) is 8.38. The fraction of sp³-hybridized carbons (Fsp3) is 0.360. The number of carbonyl (C=O) groups is 2. The fourth-order valence-electron chi connectivity index (χ4n) is 3.89. The molecule has 0 unspecified atom stereocenters. The molecule has 1 saturated heterocycles. The predicted octanol–water partition coefficient (Wildman–Crippen LogP) is 2.88. The standard InChI is InChI=1S/C25H27F2N5O4/c1-35-19-7-4-17(5-8-19)24-29-22(36-30-24)16-31-11-13-32(14-12-31)23(33)3-2-10-28-25(34)20-9-6-18(26)15-21(20)27/h4-9,15H,2-3,10-14,16H2,1H3,(H,28,34). The largest absolute Gasteiger partial charge is 0.497 e. The van der Waals surface area contributed by atoms with Gasteiger partial charge in [-0.05, 0) is 42.8 Å². The minimum Gasteiger partial charge on any atom is -0.497 e. The Labute approximate surface area is 207 Å². The van der Waals surface area contributed by atoms with E-state index in [0.29, 0.717) is 56.9 Å². The number of nitrogens with zero attached hydrogens (tertiary/aromatic N) is 4. The molecule has 0 spiro atoms. The second-order valence-electron chi connectivity index (χ2n) is 8.38. The van der Waals surface area contributed by atoms with Crippen molar-refractivity contribution in [2.24, 2.45) is 0 Å². The van der Waals surface area contributed by atoms with Gasteiger partial charge in [-0.1, -0.05) is 5.16 Å². The monoisotopic (exact) mass is 499 g/mol. The average Bonchev–Trinajstić information content (AvgIpc) is 3.35. The van der Waals surface area contributed by atoms with Crippen LogP contribution in [-0.4, -0.2) is 71.6 Å². The number of rotatable bonds is 9. The fourth-order valence-corrected chi connectivity index (χ4v) is 3.89. The van der Waals surface area contributed by atoms with Crippen LogP contribution in [0.25, 0.3) is 11.4 Å². The number of hydrogen-bond acceptors (Lipinski definition) is 7. The molecule has 1 aromatic heterocycles. The molecule has 2 amide bonds. The first-order valence-electron chi connectivity index (χ1n) is 11.6. The zero-order chi connectivity index (χ0) is 25.5. The van der Waals surface area contributed by atoms with E-state index >= 15 is 0 Å². The predicted molar refractivity (Wildman–Crippen MR) is 126 cm³/mol. The Hall–Kier alpha value is -3.86. The summed E-state index contributed by atoms with van der Waals surface area (Å²) in [4.78, 5) is 32.9. The molecule has 36 heavy (non-hydrogen) atoms. The molecule has 2 heterocycles. The zero-order valence-electron chi connectivity index (χ0n) is 19.9. The lowest BCUT2D eigenvalue weighted by molar-refractivity contribution is -0.133. The highest BCUT2D eigenvalue weighted by molar-refractivity contribution is 5.94. The van der Waals surface area contributed by atoms with E-state index in [1.165, 1.54) is 0 Å². The summed E-state index contributed by atoms with van der Waals surface area (Å²) in [7, 11) is 1.61. The first kappa shape index (κ1) is 25.2. The minimum absolute atomic E-state index is 0.00329. The van der Waals surface area contributed by atoms with Crippen molar-refractivity contribution in [3.8, 4) is 17.1 Å². The van der Waals surface area contributed by atoms with E-state index in [1.807, 2.05) is 24.3 Å². The molecule has 0 saturated carbocycles. The number of benzene rings is 2. The van der Waals surface area contributed by atoms with Crippen LogP contribution >= 0.6 is 0 Å². The maximum absolute atomic E-state index is 13.7. The lowest BCUT2D eigenvalue weighted by Gasteiger charge is -2.34. The van der Waals surface area contributed by atoms with Crippen molar-refractivity contribution in [2.75, 3.05) is 39.8 Å². The number of amides is 2. The van der Waals surface area contributed by atoms with E-state index in [9.17, 15) is 18.4 Å². The third-order valence-corrected chi connectivity index (χ3v) is 5.93. The van der Waals surface area contributed by atoms with Gasteiger partial charge in [-0.25, -0.2) is 8.78 Å². The number of piperazine rings is 1. The molecule has 3 aromatic rings. The quantitative estimate of drug-likeness (QED) is 0.452. The van der Waals surface area contributed by atoms with Crippen molar-refractivity contribution in [3.63, 3.8) is 0 Å². The number of nitrogens with one attached hydrogen (secondary N) is 1. The smallest absolute Gasteiger partial charge is 0.254 e. The highest BCUT2D eigenvalue weighted by atomic mass is 19.1. The van der Waals surface area contributed by atoms with Crippen molar-refractivity contribution < 1.29 is 27.6 Å². The van der Waals surface area contributed by atoms with Crippen LogP contribution in [0.5, 0.6) is 5.75 Å². The topological polar surface area (TPSA) is 101 Å². The molecule has 1 fully saturated rings. The van der Waals surface area contributed by atoms with Crippen LogP contribution in [0.1, 0.15) is 29.1 Å². The number of aromatic nitrogens is 2. The zero-order valence-corrected chi connectivity index (χ0v) is 19.9. The molecule has 11 heteroatoms. The number of hydrogen-bond donors (Lipinski definition) is 1. The van der Waals surface area contributed by atoms with Gasteiger partial charge >= 0.3 is 0 Å². The molecule has 190 valence electrons.